The van der Waals surface area contributed by atoms with E-state index in [4.69, 9.17) is 13.6 Å². The standard InChI is InChI=1S/C36H35O4P/c1-35(2,28-14-8-5-9-15-28)30-20-24-33(25-21-30)39-41(37,38-32-18-12-7-13-19-32)40-34-26-22-31(23-27-34)36(3,4)29-16-10-6-11-17-29/h5-27H,1-4H3. The van der Waals surface area contributed by atoms with Gasteiger partial charge >= 0.3 is 7.82 Å². The number of para-hydroxylation sites is 1. The summed E-state index contributed by atoms with van der Waals surface area (Å²) < 4.78 is 31.8. The van der Waals surface area contributed by atoms with E-state index < -0.39 is 7.82 Å². The molecule has 0 N–H and O–H groups in total. The van der Waals surface area contributed by atoms with Crippen molar-refractivity contribution >= 4 is 7.82 Å². The van der Waals surface area contributed by atoms with E-state index in [1.54, 1.807) is 48.5 Å². The first-order chi connectivity index (χ1) is 19.7. The first kappa shape index (κ1) is 28.3. The van der Waals surface area contributed by atoms with Crippen molar-refractivity contribution in [3.05, 3.63) is 162 Å². The molecule has 41 heavy (non-hydrogen) atoms. The molecule has 0 saturated heterocycles. The van der Waals surface area contributed by atoms with Gasteiger partial charge in [0, 0.05) is 10.8 Å². The van der Waals surface area contributed by atoms with Gasteiger partial charge in [0.05, 0.1) is 0 Å². The molecule has 5 heteroatoms. The minimum atomic E-state index is -4.11. The lowest BCUT2D eigenvalue weighted by molar-refractivity contribution is 0.298. The minimum Gasteiger partial charge on any atom is -0.386 e. The lowest BCUT2D eigenvalue weighted by atomic mass is 9.78. The van der Waals surface area contributed by atoms with E-state index in [9.17, 15) is 4.57 Å². The fourth-order valence-electron chi connectivity index (χ4n) is 4.83. The average molecular weight is 563 g/mol. The number of benzene rings is 5. The highest BCUT2D eigenvalue weighted by Gasteiger charge is 2.34. The minimum absolute atomic E-state index is 0.213. The Bertz CT molecular complexity index is 1500. The van der Waals surface area contributed by atoms with Crippen LogP contribution in [-0.4, -0.2) is 0 Å². The van der Waals surface area contributed by atoms with Crippen LogP contribution >= 0.6 is 7.82 Å². The molecule has 0 aliphatic rings. The molecule has 4 nitrogen and oxygen atoms in total. The SMILES string of the molecule is CC(C)(c1ccccc1)c1ccc(OP(=O)(Oc2ccccc2)Oc2ccc(C(C)(C)c3ccccc3)cc2)cc1. The van der Waals surface area contributed by atoms with Crippen LogP contribution in [0.1, 0.15) is 49.9 Å². The molecule has 0 unspecified atom stereocenters. The number of phosphoric ester groups is 1. The second kappa shape index (κ2) is 11.7. The van der Waals surface area contributed by atoms with Gasteiger partial charge in [-0.05, 0) is 58.7 Å². The molecule has 0 bridgehead atoms. The van der Waals surface area contributed by atoms with Crippen LogP contribution in [0.3, 0.4) is 0 Å². The monoisotopic (exact) mass is 562 g/mol. The zero-order valence-electron chi connectivity index (χ0n) is 23.9. The van der Waals surface area contributed by atoms with Crippen LogP contribution in [0.5, 0.6) is 17.2 Å². The van der Waals surface area contributed by atoms with Crippen LogP contribution < -0.4 is 13.6 Å². The first-order valence-corrected chi connectivity index (χ1v) is 15.2. The Kier molecular flexibility index (Phi) is 8.06. The van der Waals surface area contributed by atoms with E-state index in [0.29, 0.717) is 17.2 Å². The van der Waals surface area contributed by atoms with Gasteiger partial charge < -0.3 is 13.6 Å². The Labute approximate surface area is 243 Å². The van der Waals surface area contributed by atoms with Crippen molar-refractivity contribution in [3.8, 4) is 17.2 Å². The predicted octanol–water partition coefficient (Wildman–Crippen LogP) is 9.98. The van der Waals surface area contributed by atoms with Crippen molar-refractivity contribution in [2.24, 2.45) is 0 Å². The summed E-state index contributed by atoms with van der Waals surface area (Å²) in [7, 11) is -4.11. The third kappa shape index (κ3) is 6.56. The first-order valence-electron chi connectivity index (χ1n) is 13.7. The number of hydrogen-bond donors (Lipinski definition) is 0. The van der Waals surface area contributed by atoms with Crippen molar-refractivity contribution in [1.29, 1.82) is 0 Å². The number of hydrogen-bond acceptors (Lipinski definition) is 4. The molecule has 5 aromatic rings. The summed E-state index contributed by atoms with van der Waals surface area (Å²) in [6.07, 6.45) is 0. The Morgan fingerprint density at radius 1 is 0.390 bits per heavy atom. The molecule has 0 atom stereocenters. The van der Waals surface area contributed by atoms with Crippen LogP contribution in [0.15, 0.2) is 140 Å². The molecule has 0 amide bonds. The molecule has 0 heterocycles. The summed E-state index contributed by atoms with van der Waals surface area (Å²) in [4.78, 5) is 0. The van der Waals surface area contributed by atoms with Crippen LogP contribution in [-0.2, 0) is 15.4 Å². The summed E-state index contributed by atoms with van der Waals surface area (Å²) in [5, 5.41) is 0. The molecular weight excluding hydrogens is 527 g/mol. The molecule has 0 aromatic heterocycles. The van der Waals surface area contributed by atoms with Gasteiger partial charge in [0.1, 0.15) is 17.2 Å². The largest absolute Gasteiger partial charge is 0.647 e. The summed E-state index contributed by atoms with van der Waals surface area (Å²) >= 11 is 0. The molecule has 0 aliphatic carbocycles. The third-order valence-corrected chi connectivity index (χ3v) is 8.84. The molecule has 5 rings (SSSR count). The van der Waals surface area contributed by atoms with E-state index in [0.717, 1.165) is 11.1 Å². The van der Waals surface area contributed by atoms with Gasteiger partial charge in [0.2, 0.25) is 0 Å². The predicted molar refractivity (Wildman–Crippen MR) is 166 cm³/mol. The molecule has 0 spiro atoms. The van der Waals surface area contributed by atoms with E-state index in [1.165, 1.54) is 11.1 Å². The summed E-state index contributed by atoms with van der Waals surface area (Å²) in [6, 6.07) is 44.7. The van der Waals surface area contributed by atoms with Crippen molar-refractivity contribution in [2.75, 3.05) is 0 Å². The van der Waals surface area contributed by atoms with Crippen LogP contribution in [0.2, 0.25) is 0 Å². The normalized spacial score (nSPS) is 12.0. The smallest absolute Gasteiger partial charge is 0.386 e. The van der Waals surface area contributed by atoms with Crippen molar-refractivity contribution < 1.29 is 18.1 Å². The lowest BCUT2D eigenvalue weighted by Crippen LogP contribution is -2.18. The van der Waals surface area contributed by atoms with Crippen molar-refractivity contribution in [2.45, 2.75) is 38.5 Å². The second-order valence-electron chi connectivity index (χ2n) is 11.1. The zero-order valence-corrected chi connectivity index (χ0v) is 24.8. The topological polar surface area (TPSA) is 44.8 Å². The van der Waals surface area contributed by atoms with Gasteiger partial charge in [-0.2, -0.15) is 4.57 Å². The van der Waals surface area contributed by atoms with Gasteiger partial charge in [-0.25, -0.2) is 0 Å². The van der Waals surface area contributed by atoms with E-state index in [2.05, 4.69) is 52.0 Å². The molecule has 208 valence electrons. The van der Waals surface area contributed by atoms with Crippen molar-refractivity contribution in [3.63, 3.8) is 0 Å². The van der Waals surface area contributed by atoms with Crippen molar-refractivity contribution in [1.82, 2.24) is 0 Å². The van der Waals surface area contributed by atoms with Crippen LogP contribution in [0.25, 0.3) is 0 Å². The Balaban J connectivity index is 1.39. The highest BCUT2D eigenvalue weighted by molar-refractivity contribution is 7.49. The van der Waals surface area contributed by atoms with Gasteiger partial charge in [-0.15, -0.1) is 0 Å². The molecule has 0 radical (unpaired) electrons. The Hall–Kier alpha value is -4.27. The van der Waals surface area contributed by atoms with Gasteiger partial charge in [-0.1, -0.05) is 131 Å². The quantitative estimate of drug-likeness (QED) is 0.159. The molecule has 0 fully saturated rings. The highest BCUT2D eigenvalue weighted by atomic mass is 31.2. The number of rotatable bonds is 10. The third-order valence-electron chi connectivity index (χ3n) is 7.54. The van der Waals surface area contributed by atoms with Gasteiger partial charge in [-0.3, -0.25) is 0 Å². The summed E-state index contributed by atoms with van der Waals surface area (Å²) in [6.45, 7) is 8.70. The average Bonchev–Trinajstić information content (AvgIpc) is 2.99. The van der Waals surface area contributed by atoms with E-state index in [1.807, 2.05) is 66.7 Å². The van der Waals surface area contributed by atoms with E-state index in [-0.39, 0.29) is 10.8 Å². The maximum atomic E-state index is 14.1. The van der Waals surface area contributed by atoms with Crippen LogP contribution in [0, 0.1) is 0 Å². The van der Waals surface area contributed by atoms with Crippen LogP contribution in [0.4, 0.5) is 0 Å². The highest BCUT2D eigenvalue weighted by Crippen LogP contribution is 2.50. The molecule has 0 saturated carbocycles. The van der Waals surface area contributed by atoms with E-state index >= 15 is 0 Å². The second-order valence-corrected chi connectivity index (χ2v) is 12.5. The summed E-state index contributed by atoms with van der Waals surface area (Å²) in [5.74, 6) is 1.16. The van der Waals surface area contributed by atoms with Gasteiger partial charge in [0.25, 0.3) is 0 Å². The maximum absolute atomic E-state index is 14.1. The van der Waals surface area contributed by atoms with Gasteiger partial charge in [0.15, 0.2) is 0 Å². The molecule has 5 aromatic carbocycles. The lowest BCUT2D eigenvalue weighted by Gasteiger charge is -2.27. The molecule has 0 aliphatic heterocycles. The zero-order chi connectivity index (χ0) is 28.9. The Morgan fingerprint density at radius 2 is 0.659 bits per heavy atom. The fraction of sp³-hybridized carbons (Fsp3) is 0.167. The fourth-order valence-corrected chi connectivity index (χ4v) is 6.08. The molecular formula is C36H35O4P. The Morgan fingerprint density at radius 3 is 1.00 bits per heavy atom. The number of phosphoric acid groups is 1. The maximum Gasteiger partial charge on any atom is 0.647 e. The summed E-state index contributed by atoms with van der Waals surface area (Å²) in [5.41, 5.74) is 4.19.